The van der Waals surface area contributed by atoms with Gasteiger partial charge in [0.1, 0.15) is 5.82 Å². The molecule has 2 aromatic rings. The van der Waals surface area contributed by atoms with Crippen molar-refractivity contribution in [2.75, 3.05) is 25.5 Å². The first kappa shape index (κ1) is 18.6. The summed E-state index contributed by atoms with van der Waals surface area (Å²) in [7, 11) is -0.690. The predicted octanol–water partition coefficient (Wildman–Crippen LogP) is 2.76. The van der Waals surface area contributed by atoms with Crippen LogP contribution in [0.5, 0.6) is 0 Å². The van der Waals surface area contributed by atoms with Crippen molar-refractivity contribution in [3.05, 3.63) is 52.6 Å². The summed E-state index contributed by atoms with van der Waals surface area (Å²) in [5.41, 5.74) is 0.296. The van der Waals surface area contributed by atoms with Gasteiger partial charge in [0, 0.05) is 36.9 Å². The van der Waals surface area contributed by atoms with Crippen molar-refractivity contribution < 1.29 is 13.2 Å². The maximum Gasteiger partial charge on any atom is 0.259 e. The molecule has 0 aliphatic carbocycles. The normalized spacial score (nSPS) is 11.5. The molecule has 1 aromatic heterocycles. The van der Waals surface area contributed by atoms with Crippen LogP contribution in [0.15, 0.2) is 52.0 Å². The summed E-state index contributed by atoms with van der Waals surface area (Å²) >= 11 is 3.31. The molecule has 8 heteroatoms. The van der Waals surface area contributed by atoms with Crippen molar-refractivity contribution in [3.8, 4) is 0 Å². The highest BCUT2D eigenvalue weighted by atomic mass is 79.9. The third-order valence-corrected chi connectivity index (χ3v) is 5.69. The number of aromatic nitrogens is 1. The predicted molar refractivity (Wildman–Crippen MR) is 96.6 cm³/mol. The fourth-order valence-corrected chi connectivity index (χ4v) is 3.28. The number of pyridine rings is 1. The van der Waals surface area contributed by atoms with E-state index in [1.54, 1.807) is 30.5 Å². The van der Waals surface area contributed by atoms with E-state index in [1.807, 2.05) is 6.92 Å². The lowest BCUT2D eigenvalue weighted by Crippen LogP contribution is -2.31. The standard InChI is InChI=1S/C16H18BrN3O3S/c1-4-20(15-9-8-13(17)11-18-15)16(21)12-6-5-7-14(10-12)24(22,23)19(2)3/h5-11H,4H2,1-3H3. The van der Waals surface area contributed by atoms with E-state index in [0.717, 1.165) is 8.78 Å². The zero-order valence-electron chi connectivity index (χ0n) is 13.6. The monoisotopic (exact) mass is 411 g/mol. The third-order valence-electron chi connectivity index (χ3n) is 3.41. The lowest BCUT2D eigenvalue weighted by molar-refractivity contribution is 0.0987. The Bertz CT molecular complexity index is 836. The first-order valence-electron chi connectivity index (χ1n) is 7.23. The second-order valence-corrected chi connectivity index (χ2v) is 8.27. The van der Waals surface area contributed by atoms with Crippen molar-refractivity contribution >= 4 is 37.7 Å². The van der Waals surface area contributed by atoms with Gasteiger partial charge >= 0.3 is 0 Å². The van der Waals surface area contributed by atoms with Gasteiger partial charge in [0.25, 0.3) is 5.91 Å². The molecular weight excluding hydrogens is 394 g/mol. The number of hydrogen-bond donors (Lipinski definition) is 0. The van der Waals surface area contributed by atoms with Crippen LogP contribution in [0.4, 0.5) is 5.82 Å². The number of rotatable bonds is 5. The lowest BCUT2D eigenvalue weighted by Gasteiger charge is -2.20. The second kappa shape index (κ2) is 7.42. The van der Waals surface area contributed by atoms with E-state index in [1.165, 1.54) is 31.1 Å². The molecule has 6 nitrogen and oxygen atoms in total. The molecule has 0 aliphatic heterocycles. The molecule has 0 saturated carbocycles. The van der Waals surface area contributed by atoms with E-state index in [2.05, 4.69) is 20.9 Å². The fraction of sp³-hybridized carbons (Fsp3) is 0.250. The molecule has 24 heavy (non-hydrogen) atoms. The number of nitrogens with zero attached hydrogens (tertiary/aromatic N) is 3. The molecule has 0 spiro atoms. The SMILES string of the molecule is CCN(C(=O)c1cccc(S(=O)(=O)N(C)C)c1)c1ccc(Br)cn1. The minimum absolute atomic E-state index is 0.0816. The summed E-state index contributed by atoms with van der Waals surface area (Å²) in [4.78, 5) is 18.6. The topological polar surface area (TPSA) is 70.6 Å². The van der Waals surface area contributed by atoms with Gasteiger partial charge < -0.3 is 0 Å². The zero-order valence-corrected chi connectivity index (χ0v) is 16.0. The van der Waals surface area contributed by atoms with Gasteiger partial charge in [-0.1, -0.05) is 6.07 Å². The highest BCUT2D eigenvalue weighted by Crippen LogP contribution is 2.20. The number of halogens is 1. The third kappa shape index (κ3) is 3.82. The van der Waals surface area contributed by atoms with E-state index in [0.29, 0.717) is 17.9 Å². The Balaban J connectivity index is 2.40. The van der Waals surface area contributed by atoms with Crippen molar-refractivity contribution in [2.24, 2.45) is 0 Å². The number of sulfonamides is 1. The van der Waals surface area contributed by atoms with Gasteiger partial charge in [-0.05, 0) is 53.2 Å². The van der Waals surface area contributed by atoms with Gasteiger partial charge in [0.2, 0.25) is 10.0 Å². The van der Waals surface area contributed by atoms with Gasteiger partial charge in [0.15, 0.2) is 0 Å². The molecule has 1 amide bonds. The summed E-state index contributed by atoms with van der Waals surface area (Å²) in [5.74, 6) is 0.203. The number of carbonyl (C=O) groups excluding carboxylic acids is 1. The van der Waals surface area contributed by atoms with E-state index in [9.17, 15) is 13.2 Å². The van der Waals surface area contributed by atoms with Crippen LogP contribution in [-0.4, -0.2) is 44.3 Å². The Morgan fingerprint density at radius 1 is 1.21 bits per heavy atom. The molecule has 0 radical (unpaired) electrons. The minimum Gasteiger partial charge on any atom is -0.293 e. The van der Waals surface area contributed by atoms with Crippen LogP contribution in [0.3, 0.4) is 0 Å². The molecule has 0 aliphatic rings. The van der Waals surface area contributed by atoms with Crippen molar-refractivity contribution in [2.45, 2.75) is 11.8 Å². The van der Waals surface area contributed by atoms with Crippen LogP contribution in [0, 0.1) is 0 Å². The van der Waals surface area contributed by atoms with Crippen molar-refractivity contribution in [1.29, 1.82) is 0 Å². The summed E-state index contributed by atoms with van der Waals surface area (Å²) in [6, 6.07) is 9.54. The number of carbonyl (C=O) groups is 1. The largest absolute Gasteiger partial charge is 0.293 e. The van der Waals surface area contributed by atoms with Gasteiger partial charge in [-0.15, -0.1) is 0 Å². The summed E-state index contributed by atoms with van der Waals surface area (Å²) in [6.07, 6.45) is 1.61. The highest BCUT2D eigenvalue weighted by molar-refractivity contribution is 9.10. The smallest absolute Gasteiger partial charge is 0.259 e. The number of benzene rings is 1. The Labute approximate surface area is 150 Å². The maximum absolute atomic E-state index is 12.8. The van der Waals surface area contributed by atoms with Crippen LogP contribution in [0.2, 0.25) is 0 Å². The van der Waals surface area contributed by atoms with Crippen LogP contribution in [-0.2, 0) is 10.0 Å². The van der Waals surface area contributed by atoms with Gasteiger partial charge in [0.05, 0.1) is 4.90 Å². The summed E-state index contributed by atoms with van der Waals surface area (Å²) in [6.45, 7) is 2.25. The average molecular weight is 412 g/mol. The molecule has 1 heterocycles. The molecule has 2 rings (SSSR count). The average Bonchev–Trinajstić information content (AvgIpc) is 2.57. The maximum atomic E-state index is 12.8. The Kier molecular flexibility index (Phi) is 5.74. The zero-order chi connectivity index (χ0) is 17.9. The van der Waals surface area contributed by atoms with Gasteiger partial charge in [-0.3, -0.25) is 9.69 Å². The molecule has 0 atom stereocenters. The van der Waals surface area contributed by atoms with Crippen LogP contribution < -0.4 is 4.90 Å². The number of hydrogen-bond acceptors (Lipinski definition) is 4. The molecule has 1 aromatic carbocycles. The number of anilines is 1. The Hall–Kier alpha value is -1.77. The minimum atomic E-state index is -3.59. The van der Waals surface area contributed by atoms with E-state index < -0.39 is 10.0 Å². The molecule has 0 fully saturated rings. The Morgan fingerprint density at radius 2 is 1.92 bits per heavy atom. The van der Waals surface area contributed by atoms with E-state index in [4.69, 9.17) is 0 Å². The molecule has 128 valence electrons. The van der Waals surface area contributed by atoms with Gasteiger partial charge in [-0.2, -0.15) is 0 Å². The van der Waals surface area contributed by atoms with Crippen LogP contribution in [0.1, 0.15) is 17.3 Å². The summed E-state index contributed by atoms with van der Waals surface area (Å²) < 4.78 is 26.4. The van der Waals surface area contributed by atoms with Crippen molar-refractivity contribution in [3.63, 3.8) is 0 Å². The molecule has 0 N–H and O–H groups in total. The van der Waals surface area contributed by atoms with Crippen LogP contribution in [0.25, 0.3) is 0 Å². The molecule has 0 saturated heterocycles. The van der Waals surface area contributed by atoms with Gasteiger partial charge in [-0.25, -0.2) is 17.7 Å². The first-order chi connectivity index (χ1) is 11.3. The quantitative estimate of drug-likeness (QED) is 0.757. The fourth-order valence-electron chi connectivity index (χ4n) is 2.09. The second-order valence-electron chi connectivity index (χ2n) is 5.20. The molecular formula is C16H18BrN3O3S. The lowest BCUT2D eigenvalue weighted by atomic mass is 10.2. The van der Waals surface area contributed by atoms with E-state index >= 15 is 0 Å². The summed E-state index contributed by atoms with van der Waals surface area (Å²) in [5, 5.41) is 0. The molecule has 0 unspecified atom stereocenters. The van der Waals surface area contributed by atoms with Crippen molar-refractivity contribution in [1.82, 2.24) is 9.29 Å². The highest BCUT2D eigenvalue weighted by Gasteiger charge is 2.21. The molecule has 0 bridgehead atoms. The van der Waals surface area contributed by atoms with E-state index in [-0.39, 0.29) is 10.8 Å². The number of amides is 1. The Morgan fingerprint density at radius 3 is 2.46 bits per heavy atom. The van der Waals surface area contributed by atoms with Crippen LogP contribution >= 0.6 is 15.9 Å². The first-order valence-corrected chi connectivity index (χ1v) is 9.46.